The van der Waals surface area contributed by atoms with Crippen molar-refractivity contribution in [2.75, 3.05) is 18.4 Å². The molecule has 158 valence electrons. The Hall–Kier alpha value is -3.57. The van der Waals surface area contributed by atoms with Crippen LogP contribution < -0.4 is 5.32 Å². The van der Waals surface area contributed by atoms with E-state index in [0.717, 1.165) is 5.56 Å². The van der Waals surface area contributed by atoms with Crippen LogP contribution in [0.1, 0.15) is 18.4 Å². The number of nitriles is 1. The highest BCUT2D eigenvalue weighted by Crippen LogP contribution is 2.28. The van der Waals surface area contributed by atoms with Gasteiger partial charge in [0.25, 0.3) is 0 Å². The number of nitrogens with one attached hydrogen (secondary N) is 1. The average Bonchev–Trinajstić information content (AvgIpc) is 3.34. The van der Waals surface area contributed by atoms with Gasteiger partial charge in [-0.25, -0.2) is 13.2 Å². The van der Waals surface area contributed by atoms with Crippen molar-refractivity contribution in [2.24, 2.45) is 0 Å². The van der Waals surface area contributed by atoms with Gasteiger partial charge in [-0.1, -0.05) is 12.1 Å². The Kier molecular flexibility index (Phi) is 5.78. The van der Waals surface area contributed by atoms with Crippen LogP contribution in [-0.2, 0) is 9.84 Å². The van der Waals surface area contributed by atoms with Gasteiger partial charge in [-0.2, -0.15) is 5.26 Å². The molecular weight excluding hydrogens is 414 g/mol. The molecule has 8 heteroatoms. The Morgan fingerprint density at radius 2 is 1.74 bits per heavy atom. The Morgan fingerprint density at radius 3 is 2.39 bits per heavy atom. The molecular formula is C23H21N3O4S. The number of nitrogens with zero attached hydrogens (tertiary/aromatic N) is 2. The van der Waals surface area contributed by atoms with E-state index in [9.17, 15) is 13.2 Å². The molecule has 0 bridgehead atoms. The molecule has 3 aromatic rings. The predicted octanol–water partition coefficient (Wildman–Crippen LogP) is 4.29. The van der Waals surface area contributed by atoms with E-state index >= 15 is 0 Å². The second-order valence-electron chi connectivity index (χ2n) is 7.32. The number of hydrogen-bond donors (Lipinski definition) is 1. The molecule has 2 heterocycles. The highest BCUT2D eigenvalue weighted by Gasteiger charge is 2.33. The second kappa shape index (κ2) is 8.66. The summed E-state index contributed by atoms with van der Waals surface area (Å²) in [6.07, 6.45) is 2.29. The van der Waals surface area contributed by atoms with Crippen molar-refractivity contribution in [2.45, 2.75) is 23.0 Å². The van der Waals surface area contributed by atoms with Gasteiger partial charge >= 0.3 is 6.03 Å². The molecule has 2 aromatic carbocycles. The number of benzene rings is 2. The quantitative estimate of drug-likeness (QED) is 0.658. The van der Waals surface area contributed by atoms with Gasteiger partial charge in [0, 0.05) is 18.7 Å². The predicted molar refractivity (Wildman–Crippen MR) is 116 cm³/mol. The van der Waals surface area contributed by atoms with Gasteiger partial charge < -0.3 is 14.6 Å². The summed E-state index contributed by atoms with van der Waals surface area (Å²) in [7, 11) is -3.50. The van der Waals surface area contributed by atoms with E-state index in [4.69, 9.17) is 9.68 Å². The van der Waals surface area contributed by atoms with Crippen molar-refractivity contribution in [1.82, 2.24) is 4.90 Å². The van der Waals surface area contributed by atoms with Crippen LogP contribution in [0.15, 0.2) is 76.2 Å². The van der Waals surface area contributed by atoms with Gasteiger partial charge in [-0.15, -0.1) is 0 Å². The van der Waals surface area contributed by atoms with E-state index in [1.54, 1.807) is 65.8 Å². The third-order valence-corrected chi connectivity index (χ3v) is 7.72. The summed E-state index contributed by atoms with van der Waals surface area (Å²) in [6.45, 7) is 0.657. The van der Waals surface area contributed by atoms with Gasteiger partial charge in [0.15, 0.2) is 9.84 Å². The molecule has 1 N–H and O–H groups in total. The lowest BCUT2D eigenvalue weighted by molar-refractivity contribution is 0.200. The van der Waals surface area contributed by atoms with Crippen molar-refractivity contribution >= 4 is 21.6 Å². The summed E-state index contributed by atoms with van der Waals surface area (Å²) < 4.78 is 31.5. The van der Waals surface area contributed by atoms with Crippen molar-refractivity contribution in [3.8, 4) is 17.4 Å². The van der Waals surface area contributed by atoms with Gasteiger partial charge in [-0.05, 0) is 61.4 Å². The normalized spacial score (nSPS) is 14.7. The van der Waals surface area contributed by atoms with Crippen LogP contribution in [0.3, 0.4) is 0 Å². The number of carbonyl (C=O) groups is 1. The second-order valence-corrected chi connectivity index (χ2v) is 9.55. The summed E-state index contributed by atoms with van der Waals surface area (Å²) in [5, 5.41) is 11.4. The number of likely N-dealkylation sites (tertiary alicyclic amines) is 1. The lowest BCUT2D eigenvalue weighted by atomic mass is 10.1. The summed E-state index contributed by atoms with van der Waals surface area (Å²) in [6, 6.07) is 18.8. The molecule has 0 spiro atoms. The monoisotopic (exact) mass is 435 g/mol. The van der Waals surface area contributed by atoms with E-state index in [-0.39, 0.29) is 10.9 Å². The van der Waals surface area contributed by atoms with Crippen LogP contribution in [0.2, 0.25) is 0 Å². The smallest absolute Gasteiger partial charge is 0.321 e. The Bertz CT molecular complexity index is 1200. The first-order chi connectivity index (χ1) is 15.0. The molecule has 1 saturated heterocycles. The number of rotatable bonds is 4. The summed E-state index contributed by atoms with van der Waals surface area (Å²) >= 11 is 0. The fourth-order valence-electron chi connectivity index (χ4n) is 3.70. The fraction of sp³-hybridized carbons (Fsp3) is 0.217. The van der Waals surface area contributed by atoms with Gasteiger partial charge in [0.2, 0.25) is 0 Å². The molecule has 7 nitrogen and oxygen atoms in total. The van der Waals surface area contributed by atoms with Gasteiger partial charge in [0.1, 0.15) is 11.8 Å². The molecule has 0 radical (unpaired) electrons. The minimum Gasteiger partial charge on any atom is -0.464 e. The van der Waals surface area contributed by atoms with Crippen molar-refractivity contribution < 1.29 is 17.6 Å². The zero-order valence-corrected chi connectivity index (χ0v) is 17.5. The van der Waals surface area contributed by atoms with Crippen molar-refractivity contribution in [1.29, 1.82) is 5.26 Å². The SMILES string of the molecule is N#Cc1ccccc1NC(=O)N1CCC(S(=O)(=O)c2ccc(-c3ccco3)cc2)CC1. The molecule has 1 aliphatic rings. The highest BCUT2D eigenvalue weighted by molar-refractivity contribution is 7.92. The average molecular weight is 436 g/mol. The number of amides is 2. The first kappa shape index (κ1) is 20.7. The highest BCUT2D eigenvalue weighted by atomic mass is 32.2. The molecule has 0 unspecified atom stereocenters. The number of piperidine rings is 1. The lowest BCUT2D eigenvalue weighted by Crippen LogP contribution is -2.44. The minimum atomic E-state index is -3.50. The van der Waals surface area contributed by atoms with Gasteiger partial charge in [-0.3, -0.25) is 0 Å². The molecule has 2 amide bonds. The van der Waals surface area contributed by atoms with E-state index in [1.807, 2.05) is 12.1 Å². The standard InChI is InChI=1S/C23H21N3O4S/c24-16-18-4-1-2-5-21(18)25-23(27)26-13-11-20(12-14-26)31(28,29)19-9-7-17(8-10-19)22-6-3-15-30-22/h1-10,15,20H,11-14H2,(H,25,27). The molecule has 0 aliphatic carbocycles. The Morgan fingerprint density at radius 1 is 1.03 bits per heavy atom. The third-order valence-electron chi connectivity index (χ3n) is 5.45. The first-order valence-corrected chi connectivity index (χ1v) is 11.5. The minimum absolute atomic E-state index is 0.272. The van der Waals surface area contributed by atoms with Crippen LogP contribution in [-0.4, -0.2) is 37.7 Å². The number of urea groups is 1. The number of furan rings is 1. The summed E-state index contributed by atoms with van der Waals surface area (Å²) in [4.78, 5) is 14.4. The first-order valence-electron chi connectivity index (χ1n) is 9.92. The zero-order valence-electron chi connectivity index (χ0n) is 16.7. The summed E-state index contributed by atoms with van der Waals surface area (Å²) in [5.41, 5.74) is 1.64. The molecule has 1 aromatic heterocycles. The maximum atomic E-state index is 13.1. The van der Waals surface area contributed by atoms with E-state index < -0.39 is 15.1 Å². The van der Waals surface area contributed by atoms with Crippen LogP contribution in [0.5, 0.6) is 0 Å². The van der Waals surface area contributed by atoms with Crippen molar-refractivity contribution in [3.05, 3.63) is 72.5 Å². The van der Waals surface area contributed by atoms with Crippen LogP contribution >= 0.6 is 0 Å². The molecule has 31 heavy (non-hydrogen) atoms. The van der Waals surface area contributed by atoms with Crippen LogP contribution in [0.4, 0.5) is 10.5 Å². The topological polar surface area (TPSA) is 103 Å². The number of para-hydroxylation sites is 1. The third kappa shape index (κ3) is 4.32. The largest absolute Gasteiger partial charge is 0.464 e. The molecule has 1 fully saturated rings. The lowest BCUT2D eigenvalue weighted by Gasteiger charge is -2.31. The summed E-state index contributed by atoms with van der Waals surface area (Å²) in [5.74, 6) is 0.682. The van der Waals surface area contributed by atoms with Crippen molar-refractivity contribution in [3.63, 3.8) is 0 Å². The zero-order chi connectivity index (χ0) is 21.8. The van der Waals surface area contributed by atoms with E-state index in [2.05, 4.69) is 5.32 Å². The molecule has 1 aliphatic heterocycles. The maximum absolute atomic E-state index is 13.1. The van der Waals surface area contributed by atoms with E-state index in [0.29, 0.717) is 42.9 Å². The Labute approximate surface area is 180 Å². The fourth-order valence-corrected chi connectivity index (χ4v) is 5.43. The van der Waals surface area contributed by atoms with Crippen LogP contribution in [0, 0.1) is 11.3 Å². The Balaban J connectivity index is 1.39. The number of carbonyl (C=O) groups excluding carboxylic acids is 1. The number of sulfone groups is 1. The van der Waals surface area contributed by atoms with Gasteiger partial charge in [0.05, 0.1) is 27.7 Å². The van der Waals surface area contributed by atoms with E-state index in [1.165, 1.54) is 0 Å². The molecule has 0 saturated carbocycles. The maximum Gasteiger partial charge on any atom is 0.321 e. The van der Waals surface area contributed by atoms with Crippen LogP contribution in [0.25, 0.3) is 11.3 Å². The molecule has 0 atom stereocenters. The number of anilines is 1. The number of hydrogen-bond acceptors (Lipinski definition) is 5. The molecule has 4 rings (SSSR count).